The number of halogens is 1. The molecule has 1 aliphatic heterocycles. The molecular formula is C19H27ClN2O2. The molecule has 2 aliphatic rings. The molecule has 5 heteroatoms. The first-order valence-corrected chi connectivity index (χ1v) is 9.48. The van der Waals surface area contributed by atoms with E-state index in [1.165, 1.54) is 51.1 Å². The first kappa shape index (κ1) is 17.6. The zero-order valence-corrected chi connectivity index (χ0v) is 14.9. The molecule has 132 valence electrons. The molecule has 1 atom stereocenters. The lowest BCUT2D eigenvalue weighted by Gasteiger charge is -2.31. The second kappa shape index (κ2) is 8.21. The Hall–Kier alpha value is -1.26. The number of benzene rings is 1. The van der Waals surface area contributed by atoms with Crippen molar-refractivity contribution in [2.24, 2.45) is 5.92 Å². The quantitative estimate of drug-likeness (QED) is 0.856. The van der Waals surface area contributed by atoms with Gasteiger partial charge in [0.1, 0.15) is 5.75 Å². The van der Waals surface area contributed by atoms with Crippen molar-refractivity contribution < 1.29 is 9.90 Å². The van der Waals surface area contributed by atoms with E-state index in [9.17, 15) is 9.90 Å². The summed E-state index contributed by atoms with van der Waals surface area (Å²) in [6, 6.07) is 5.70. The largest absolute Gasteiger partial charge is 0.506 e. The predicted octanol–water partition coefficient (Wildman–Crippen LogP) is 3.36. The molecule has 0 radical (unpaired) electrons. The highest BCUT2D eigenvalue weighted by atomic mass is 35.5. The van der Waals surface area contributed by atoms with Gasteiger partial charge in [-0.25, -0.2) is 0 Å². The lowest BCUT2D eigenvalue weighted by Crippen LogP contribution is -2.36. The highest BCUT2D eigenvalue weighted by Gasteiger charge is 2.29. The smallest absolute Gasteiger partial charge is 0.224 e. The summed E-state index contributed by atoms with van der Waals surface area (Å²) < 4.78 is 0. The molecule has 0 bridgehead atoms. The minimum atomic E-state index is 0.0212. The topological polar surface area (TPSA) is 52.6 Å². The first-order chi connectivity index (χ1) is 11.6. The third kappa shape index (κ3) is 4.64. The monoisotopic (exact) mass is 350 g/mol. The standard InChI is InChI=1S/C19H27ClN2O2/c20-17-10-14(6-7-18(17)23)11-19(24)21-12-15-8-9-22(13-15)16-4-2-1-3-5-16/h6-7,10,15-16,23H,1-5,8-9,11-13H2,(H,21,24)/t15-/m0/s1. The molecule has 1 heterocycles. The van der Waals surface area contributed by atoms with Gasteiger partial charge in [-0.05, 0) is 49.4 Å². The van der Waals surface area contributed by atoms with Crippen LogP contribution in [0.5, 0.6) is 5.75 Å². The molecule has 1 amide bonds. The van der Waals surface area contributed by atoms with Crippen molar-refractivity contribution in [1.82, 2.24) is 10.2 Å². The van der Waals surface area contributed by atoms with Crippen molar-refractivity contribution in [3.8, 4) is 5.75 Å². The van der Waals surface area contributed by atoms with Crippen LogP contribution in [0, 0.1) is 5.92 Å². The fourth-order valence-electron chi connectivity index (χ4n) is 3.97. The number of rotatable bonds is 5. The van der Waals surface area contributed by atoms with Crippen LogP contribution in [0.3, 0.4) is 0 Å². The van der Waals surface area contributed by atoms with Gasteiger partial charge in [0.25, 0.3) is 0 Å². The highest BCUT2D eigenvalue weighted by Crippen LogP contribution is 2.27. The van der Waals surface area contributed by atoms with Crippen LogP contribution < -0.4 is 5.32 Å². The summed E-state index contributed by atoms with van der Waals surface area (Å²) >= 11 is 5.88. The number of likely N-dealkylation sites (tertiary alicyclic amines) is 1. The number of hydrogen-bond donors (Lipinski definition) is 2. The van der Waals surface area contributed by atoms with E-state index in [1.807, 2.05) is 0 Å². The maximum Gasteiger partial charge on any atom is 0.224 e. The fourth-order valence-corrected chi connectivity index (χ4v) is 4.18. The number of aromatic hydroxyl groups is 1. The molecule has 1 aliphatic carbocycles. The van der Waals surface area contributed by atoms with E-state index in [1.54, 1.807) is 12.1 Å². The van der Waals surface area contributed by atoms with Crippen LogP contribution in [0.2, 0.25) is 5.02 Å². The molecule has 2 N–H and O–H groups in total. The van der Waals surface area contributed by atoms with Crippen molar-refractivity contribution in [1.29, 1.82) is 0 Å². The van der Waals surface area contributed by atoms with Gasteiger partial charge >= 0.3 is 0 Å². The number of carbonyl (C=O) groups excluding carboxylic acids is 1. The van der Waals surface area contributed by atoms with E-state index in [2.05, 4.69) is 10.2 Å². The molecule has 3 rings (SSSR count). The molecule has 0 unspecified atom stereocenters. The molecule has 0 spiro atoms. The summed E-state index contributed by atoms with van der Waals surface area (Å²) in [7, 11) is 0. The number of amides is 1. The Kier molecular flexibility index (Phi) is 6.01. The second-order valence-electron chi connectivity index (χ2n) is 7.21. The van der Waals surface area contributed by atoms with Crippen molar-refractivity contribution in [2.75, 3.05) is 19.6 Å². The number of nitrogens with zero attached hydrogens (tertiary/aromatic N) is 1. The van der Waals surface area contributed by atoms with Gasteiger partial charge in [0.15, 0.2) is 0 Å². The SMILES string of the molecule is O=C(Cc1ccc(O)c(Cl)c1)NC[C@@H]1CCN(C2CCCCC2)C1. The zero-order valence-electron chi connectivity index (χ0n) is 14.1. The Morgan fingerprint density at radius 3 is 2.79 bits per heavy atom. The molecule has 1 saturated heterocycles. The maximum absolute atomic E-state index is 12.1. The number of phenolic OH excluding ortho intramolecular Hbond substituents is 1. The normalized spacial score (nSPS) is 22.6. The molecule has 4 nitrogen and oxygen atoms in total. The zero-order chi connectivity index (χ0) is 16.9. The second-order valence-corrected chi connectivity index (χ2v) is 7.62. The van der Waals surface area contributed by atoms with Crippen LogP contribution in [0.15, 0.2) is 18.2 Å². The van der Waals surface area contributed by atoms with Gasteiger partial charge in [0, 0.05) is 19.1 Å². The van der Waals surface area contributed by atoms with Crippen LogP contribution in [0.1, 0.15) is 44.1 Å². The van der Waals surface area contributed by atoms with E-state index in [0.717, 1.165) is 24.7 Å². The van der Waals surface area contributed by atoms with E-state index >= 15 is 0 Å². The molecule has 24 heavy (non-hydrogen) atoms. The van der Waals surface area contributed by atoms with Crippen LogP contribution in [-0.4, -0.2) is 41.6 Å². The van der Waals surface area contributed by atoms with Crippen molar-refractivity contribution in [3.05, 3.63) is 28.8 Å². The molecule has 1 saturated carbocycles. The van der Waals surface area contributed by atoms with Gasteiger partial charge in [-0.1, -0.05) is 36.9 Å². The average Bonchev–Trinajstić information content (AvgIpc) is 3.06. The summed E-state index contributed by atoms with van der Waals surface area (Å²) in [5.74, 6) is 0.640. The molecule has 2 fully saturated rings. The minimum absolute atomic E-state index is 0.0212. The van der Waals surface area contributed by atoms with Gasteiger partial charge in [0.2, 0.25) is 5.91 Å². The van der Waals surface area contributed by atoms with E-state index in [0.29, 0.717) is 17.4 Å². The van der Waals surface area contributed by atoms with E-state index in [4.69, 9.17) is 11.6 Å². The Bertz CT molecular complexity index is 572. The summed E-state index contributed by atoms with van der Waals surface area (Å²) in [4.78, 5) is 14.8. The average molecular weight is 351 g/mol. The van der Waals surface area contributed by atoms with E-state index < -0.39 is 0 Å². The Balaban J connectivity index is 1.41. The van der Waals surface area contributed by atoms with E-state index in [-0.39, 0.29) is 11.7 Å². The van der Waals surface area contributed by atoms with Gasteiger partial charge in [-0.15, -0.1) is 0 Å². The van der Waals surface area contributed by atoms with Crippen LogP contribution >= 0.6 is 11.6 Å². The molecular weight excluding hydrogens is 324 g/mol. The summed E-state index contributed by atoms with van der Waals surface area (Å²) in [6.45, 7) is 3.06. The van der Waals surface area contributed by atoms with Crippen molar-refractivity contribution >= 4 is 17.5 Å². The van der Waals surface area contributed by atoms with Crippen molar-refractivity contribution in [3.63, 3.8) is 0 Å². The summed E-state index contributed by atoms with van der Waals surface area (Å²) in [5, 5.41) is 12.8. The van der Waals surface area contributed by atoms with Gasteiger partial charge in [-0.3, -0.25) is 4.79 Å². The molecule has 0 aromatic heterocycles. The number of phenols is 1. The third-order valence-corrected chi connectivity index (χ3v) is 5.68. The summed E-state index contributed by atoms with van der Waals surface area (Å²) in [5.41, 5.74) is 0.825. The molecule has 1 aromatic carbocycles. The van der Waals surface area contributed by atoms with Crippen molar-refractivity contribution in [2.45, 2.75) is 51.0 Å². The Morgan fingerprint density at radius 1 is 1.25 bits per heavy atom. The lowest BCUT2D eigenvalue weighted by atomic mass is 9.94. The molecule has 1 aromatic rings. The maximum atomic E-state index is 12.1. The van der Waals surface area contributed by atoms with Gasteiger partial charge < -0.3 is 15.3 Å². The number of hydrogen-bond acceptors (Lipinski definition) is 3. The lowest BCUT2D eigenvalue weighted by molar-refractivity contribution is -0.120. The van der Waals surface area contributed by atoms with Gasteiger partial charge in [0.05, 0.1) is 11.4 Å². The first-order valence-electron chi connectivity index (χ1n) is 9.10. The Morgan fingerprint density at radius 2 is 2.04 bits per heavy atom. The number of carbonyl (C=O) groups is 1. The fraction of sp³-hybridized carbons (Fsp3) is 0.632. The predicted molar refractivity (Wildman–Crippen MR) is 96.4 cm³/mol. The van der Waals surface area contributed by atoms with Crippen LogP contribution in [0.4, 0.5) is 0 Å². The third-order valence-electron chi connectivity index (χ3n) is 5.37. The number of nitrogens with one attached hydrogen (secondary N) is 1. The minimum Gasteiger partial charge on any atom is -0.506 e. The highest BCUT2D eigenvalue weighted by molar-refractivity contribution is 6.32. The summed E-state index contributed by atoms with van der Waals surface area (Å²) in [6.07, 6.45) is 8.32. The van der Waals surface area contributed by atoms with Crippen LogP contribution in [0.25, 0.3) is 0 Å². The Labute approximate surface area is 149 Å². The van der Waals surface area contributed by atoms with Gasteiger partial charge in [-0.2, -0.15) is 0 Å². The van der Waals surface area contributed by atoms with Crippen LogP contribution in [-0.2, 0) is 11.2 Å².